The summed E-state index contributed by atoms with van der Waals surface area (Å²) in [4.78, 5) is 42.3. The minimum absolute atomic E-state index is 0.112. The van der Waals surface area contributed by atoms with Gasteiger partial charge in [0.05, 0.1) is 0 Å². The van der Waals surface area contributed by atoms with Crippen molar-refractivity contribution in [1.82, 2.24) is 0 Å². The molecule has 8 nitrogen and oxygen atoms in total. The van der Waals surface area contributed by atoms with E-state index in [1.54, 1.807) is 0 Å². The second-order valence-electron chi connectivity index (χ2n) is 6.52. The Labute approximate surface area is 166 Å². The van der Waals surface area contributed by atoms with Gasteiger partial charge in [-0.05, 0) is 24.8 Å². The summed E-state index contributed by atoms with van der Waals surface area (Å²) in [7, 11) is 0. The number of ether oxygens (including phenoxy) is 2. The average molecular weight is 396 g/mol. The molecule has 28 heavy (non-hydrogen) atoms. The molecule has 0 aliphatic carbocycles. The molecular weight excluding hydrogens is 364 g/mol. The van der Waals surface area contributed by atoms with Crippen molar-refractivity contribution in [2.75, 3.05) is 6.61 Å². The number of carbonyl (C=O) groups is 4. The van der Waals surface area contributed by atoms with Gasteiger partial charge in [-0.25, -0.2) is 0 Å². The molecule has 0 aromatic carbocycles. The van der Waals surface area contributed by atoms with E-state index in [-0.39, 0.29) is 6.61 Å². The van der Waals surface area contributed by atoms with Crippen molar-refractivity contribution in [3.8, 4) is 0 Å². The summed E-state index contributed by atoms with van der Waals surface area (Å²) >= 11 is 0. The van der Waals surface area contributed by atoms with Gasteiger partial charge >= 0.3 is 0 Å². The normalized spacial score (nSPS) is 11.7. The predicted octanol–water partition coefficient (Wildman–Crippen LogP) is 2.40. The van der Waals surface area contributed by atoms with E-state index in [0.717, 1.165) is 69.4 Å². The van der Waals surface area contributed by atoms with Crippen molar-refractivity contribution in [3.63, 3.8) is 0 Å². The first-order chi connectivity index (χ1) is 13.5. The van der Waals surface area contributed by atoms with Crippen molar-refractivity contribution in [2.45, 2.75) is 70.6 Å². The molecule has 0 heterocycles. The largest absolute Gasteiger partial charge is 0.463 e. The van der Waals surface area contributed by atoms with Crippen LogP contribution in [0, 0.1) is 0 Å². The molecule has 0 aliphatic heterocycles. The molecule has 0 aromatic heterocycles. The molecule has 0 saturated carbocycles. The van der Waals surface area contributed by atoms with Crippen LogP contribution >= 0.6 is 0 Å². The third kappa shape index (κ3) is 16.8. The summed E-state index contributed by atoms with van der Waals surface area (Å²) in [5.41, 5.74) is 10.9. The molecular formula is C20H32N2O6. The zero-order chi connectivity index (χ0) is 21.0. The third-order valence-electron chi connectivity index (χ3n) is 4.11. The molecule has 4 N–H and O–H groups in total. The Balaban J connectivity index is 3.68. The highest BCUT2D eigenvalue weighted by molar-refractivity contribution is 5.86. The molecule has 8 heteroatoms. The number of hydrogen-bond donors (Lipinski definition) is 2. The molecule has 0 spiro atoms. The minimum atomic E-state index is -0.620. The Morgan fingerprint density at radius 3 is 1.64 bits per heavy atom. The van der Waals surface area contributed by atoms with E-state index >= 15 is 0 Å². The summed E-state index contributed by atoms with van der Waals surface area (Å²) in [5, 5.41) is 0. The molecule has 0 atom stereocenters. The van der Waals surface area contributed by atoms with Crippen LogP contribution in [0.15, 0.2) is 23.5 Å². The van der Waals surface area contributed by atoms with Crippen LogP contribution < -0.4 is 11.5 Å². The summed E-state index contributed by atoms with van der Waals surface area (Å²) in [6, 6.07) is 0. The van der Waals surface area contributed by atoms with Crippen molar-refractivity contribution in [3.05, 3.63) is 23.5 Å². The Hall–Kier alpha value is -2.64. The van der Waals surface area contributed by atoms with Crippen LogP contribution in [-0.4, -0.2) is 31.4 Å². The molecule has 158 valence electrons. The number of allylic oxidation sites excluding steroid dienone is 1. The second kappa shape index (κ2) is 17.8. The van der Waals surface area contributed by atoms with Crippen LogP contribution in [0.4, 0.5) is 0 Å². The predicted molar refractivity (Wildman–Crippen MR) is 105 cm³/mol. The van der Waals surface area contributed by atoms with E-state index in [0.29, 0.717) is 31.5 Å². The van der Waals surface area contributed by atoms with E-state index in [1.807, 2.05) is 0 Å². The number of rotatable bonds is 19. The van der Waals surface area contributed by atoms with Crippen molar-refractivity contribution in [1.29, 1.82) is 0 Å². The van der Waals surface area contributed by atoms with E-state index in [4.69, 9.17) is 16.2 Å². The molecule has 0 saturated heterocycles. The fourth-order valence-electron chi connectivity index (χ4n) is 2.80. The standard InChI is InChI=1S/C20H32N2O6/c21-19(25)12-17(14-27-15-23)10-8-6-4-2-1-3-5-7-9-11-18(28-16-24)13-20(22)26/h12-13,15-16H,1-11,14H2,(H2,21,25)(H2,22,26). The van der Waals surface area contributed by atoms with Crippen LogP contribution in [0.5, 0.6) is 0 Å². The Morgan fingerprint density at radius 2 is 1.18 bits per heavy atom. The molecule has 0 fully saturated rings. The van der Waals surface area contributed by atoms with Gasteiger partial charge in [0, 0.05) is 18.6 Å². The van der Waals surface area contributed by atoms with Gasteiger partial charge in [-0.15, -0.1) is 0 Å². The van der Waals surface area contributed by atoms with Crippen molar-refractivity contribution >= 4 is 24.8 Å². The smallest absolute Gasteiger partial charge is 0.298 e. The molecule has 0 unspecified atom stereocenters. The van der Waals surface area contributed by atoms with Crippen LogP contribution in [0.25, 0.3) is 0 Å². The van der Waals surface area contributed by atoms with Crippen LogP contribution in [0.2, 0.25) is 0 Å². The van der Waals surface area contributed by atoms with Gasteiger partial charge < -0.3 is 20.9 Å². The topological polar surface area (TPSA) is 139 Å². The fraction of sp³-hybridized carbons (Fsp3) is 0.600. The van der Waals surface area contributed by atoms with E-state index in [2.05, 4.69) is 4.74 Å². The third-order valence-corrected chi connectivity index (χ3v) is 4.11. The highest BCUT2D eigenvalue weighted by atomic mass is 16.5. The summed E-state index contributed by atoms with van der Waals surface area (Å²) in [5.74, 6) is -0.837. The van der Waals surface area contributed by atoms with Gasteiger partial charge in [0.15, 0.2) is 0 Å². The fourth-order valence-corrected chi connectivity index (χ4v) is 2.80. The first-order valence-electron chi connectivity index (χ1n) is 9.64. The van der Waals surface area contributed by atoms with E-state index in [1.165, 1.54) is 6.08 Å². The van der Waals surface area contributed by atoms with Crippen LogP contribution in [0.3, 0.4) is 0 Å². The maximum Gasteiger partial charge on any atom is 0.298 e. The van der Waals surface area contributed by atoms with Crippen molar-refractivity contribution < 1.29 is 28.7 Å². The maximum absolute atomic E-state index is 10.9. The van der Waals surface area contributed by atoms with Gasteiger partial charge in [0.1, 0.15) is 12.4 Å². The Bertz CT molecular complexity index is 543. The quantitative estimate of drug-likeness (QED) is 0.149. The first-order valence-corrected chi connectivity index (χ1v) is 9.64. The second-order valence-corrected chi connectivity index (χ2v) is 6.52. The molecule has 0 aromatic rings. The lowest BCUT2D eigenvalue weighted by molar-refractivity contribution is -0.128. The maximum atomic E-state index is 10.9. The molecule has 0 radical (unpaired) electrons. The zero-order valence-corrected chi connectivity index (χ0v) is 16.4. The number of carbonyl (C=O) groups excluding carboxylic acids is 4. The molecule has 0 aliphatic rings. The minimum Gasteiger partial charge on any atom is -0.463 e. The average Bonchev–Trinajstić information content (AvgIpc) is 2.63. The summed E-state index contributed by atoms with van der Waals surface area (Å²) < 4.78 is 9.40. The number of primary amides is 2. The molecule has 2 amide bonds. The van der Waals surface area contributed by atoms with Gasteiger partial charge in [0.25, 0.3) is 12.9 Å². The summed E-state index contributed by atoms with van der Waals surface area (Å²) in [6.45, 7) is 0.774. The van der Waals surface area contributed by atoms with Gasteiger partial charge in [-0.1, -0.05) is 44.9 Å². The number of hydrogen-bond acceptors (Lipinski definition) is 6. The summed E-state index contributed by atoms with van der Waals surface area (Å²) in [6.07, 6.45) is 13.1. The number of nitrogens with two attached hydrogens (primary N) is 2. The lowest BCUT2D eigenvalue weighted by Gasteiger charge is -2.06. The highest BCUT2D eigenvalue weighted by Crippen LogP contribution is 2.15. The van der Waals surface area contributed by atoms with Crippen LogP contribution in [-0.2, 0) is 28.7 Å². The van der Waals surface area contributed by atoms with Gasteiger partial charge in [0.2, 0.25) is 11.8 Å². The SMILES string of the molecule is NC(=O)C=C(CCCCCCCCCCCC(=CC(N)=O)OC=O)COC=O. The number of unbranched alkanes of at least 4 members (excludes halogenated alkanes) is 8. The Kier molecular flexibility index (Phi) is 16.1. The van der Waals surface area contributed by atoms with E-state index in [9.17, 15) is 19.2 Å². The van der Waals surface area contributed by atoms with Gasteiger partial charge in [-0.3, -0.25) is 19.2 Å². The lowest BCUT2D eigenvalue weighted by Crippen LogP contribution is -2.09. The monoisotopic (exact) mass is 396 g/mol. The first kappa shape index (κ1) is 25.4. The molecule has 0 rings (SSSR count). The van der Waals surface area contributed by atoms with E-state index < -0.39 is 11.8 Å². The lowest BCUT2D eigenvalue weighted by atomic mass is 10.0. The Morgan fingerprint density at radius 1 is 0.679 bits per heavy atom. The van der Waals surface area contributed by atoms with Gasteiger partial charge in [-0.2, -0.15) is 0 Å². The van der Waals surface area contributed by atoms with Crippen molar-refractivity contribution in [2.24, 2.45) is 11.5 Å². The zero-order valence-electron chi connectivity index (χ0n) is 16.4. The van der Waals surface area contributed by atoms with Crippen LogP contribution in [0.1, 0.15) is 70.6 Å². The highest BCUT2D eigenvalue weighted by Gasteiger charge is 2.02. The molecule has 0 bridgehead atoms. The number of amides is 2.